The third kappa shape index (κ3) is 3.93. The molecule has 0 saturated carbocycles. The van der Waals surface area contributed by atoms with Crippen LogP contribution in [0.5, 0.6) is 0 Å². The van der Waals surface area contributed by atoms with Crippen LogP contribution < -0.4 is 9.62 Å². The van der Waals surface area contributed by atoms with E-state index < -0.39 is 15.8 Å². The monoisotopic (exact) mass is 413 g/mol. The van der Waals surface area contributed by atoms with Crippen molar-refractivity contribution >= 4 is 38.2 Å². The van der Waals surface area contributed by atoms with E-state index in [1.54, 1.807) is 43.3 Å². The average Bonchev–Trinajstić information content (AvgIpc) is 2.67. The van der Waals surface area contributed by atoms with Gasteiger partial charge in [0, 0.05) is 17.6 Å². The van der Waals surface area contributed by atoms with Crippen LogP contribution in [0.1, 0.15) is 28.9 Å². The first-order valence-corrected chi connectivity index (χ1v) is 10.9. The Bertz CT molecular complexity index is 1210. The van der Waals surface area contributed by atoms with Gasteiger partial charge >= 0.3 is 0 Å². The summed E-state index contributed by atoms with van der Waals surface area (Å²) >= 11 is 0. The zero-order valence-electron chi connectivity index (χ0n) is 15.9. The summed E-state index contributed by atoms with van der Waals surface area (Å²) in [5.74, 6) is -0.660. The maximum atomic E-state index is 13.5. The molecule has 4 rings (SSSR count). The van der Waals surface area contributed by atoms with Gasteiger partial charge in [-0.2, -0.15) is 0 Å². The summed E-state index contributed by atoms with van der Waals surface area (Å²) in [5.41, 5.74) is 2.47. The molecule has 0 bridgehead atoms. The fourth-order valence-corrected chi connectivity index (χ4v) is 5.12. The summed E-state index contributed by atoms with van der Waals surface area (Å²) in [6.45, 7) is 2.15. The van der Waals surface area contributed by atoms with Crippen LogP contribution in [-0.2, 0) is 10.0 Å². The predicted octanol–water partition coefficient (Wildman–Crippen LogP) is 3.86. The highest BCUT2D eigenvalue weighted by atomic mass is 32.2. The molecule has 29 heavy (non-hydrogen) atoms. The van der Waals surface area contributed by atoms with Gasteiger partial charge in [-0.3, -0.25) is 14.1 Å². The summed E-state index contributed by atoms with van der Waals surface area (Å²) in [4.78, 5) is 17.2. The van der Waals surface area contributed by atoms with E-state index in [2.05, 4.69) is 10.3 Å². The van der Waals surface area contributed by atoms with Gasteiger partial charge in [0.15, 0.2) is 0 Å². The lowest BCUT2D eigenvalue weighted by Gasteiger charge is -2.28. The van der Waals surface area contributed by atoms with E-state index in [1.807, 2.05) is 0 Å². The molecule has 8 heteroatoms. The van der Waals surface area contributed by atoms with E-state index in [-0.39, 0.29) is 11.7 Å². The number of carbonyl (C=O) groups is 1. The minimum absolute atomic E-state index is 0.127. The minimum atomic E-state index is -3.33. The molecule has 1 N–H and O–H groups in total. The van der Waals surface area contributed by atoms with Crippen molar-refractivity contribution in [1.29, 1.82) is 0 Å². The molecule has 1 saturated heterocycles. The lowest BCUT2D eigenvalue weighted by molar-refractivity contribution is 0.102. The van der Waals surface area contributed by atoms with Crippen molar-refractivity contribution < 1.29 is 17.6 Å². The van der Waals surface area contributed by atoms with Crippen LogP contribution >= 0.6 is 0 Å². The molecular weight excluding hydrogens is 393 g/mol. The Labute approximate surface area is 168 Å². The second-order valence-electron chi connectivity index (χ2n) is 7.06. The Morgan fingerprint density at radius 2 is 1.97 bits per heavy atom. The van der Waals surface area contributed by atoms with E-state index in [9.17, 15) is 17.6 Å². The minimum Gasteiger partial charge on any atom is -0.322 e. The summed E-state index contributed by atoms with van der Waals surface area (Å²) in [5, 5.41) is 3.33. The first kappa shape index (κ1) is 19.3. The number of amides is 1. The van der Waals surface area contributed by atoms with Gasteiger partial charge in [-0.05, 0) is 62.2 Å². The molecule has 150 valence electrons. The quantitative estimate of drug-likeness (QED) is 0.707. The third-order valence-corrected chi connectivity index (χ3v) is 6.82. The Morgan fingerprint density at radius 3 is 2.76 bits per heavy atom. The van der Waals surface area contributed by atoms with Crippen LogP contribution in [0, 0.1) is 12.7 Å². The van der Waals surface area contributed by atoms with Gasteiger partial charge in [-0.25, -0.2) is 12.8 Å². The van der Waals surface area contributed by atoms with Crippen molar-refractivity contribution in [3.05, 3.63) is 65.6 Å². The Balaban J connectivity index is 1.62. The zero-order chi connectivity index (χ0) is 20.6. The summed E-state index contributed by atoms with van der Waals surface area (Å²) in [6.07, 6.45) is 1.46. The van der Waals surface area contributed by atoms with Crippen LogP contribution in [0.4, 0.5) is 15.8 Å². The van der Waals surface area contributed by atoms with Gasteiger partial charge in [-0.1, -0.05) is 6.07 Å². The molecule has 0 unspecified atom stereocenters. The van der Waals surface area contributed by atoms with Crippen molar-refractivity contribution in [2.45, 2.75) is 19.8 Å². The third-order valence-electron chi connectivity index (χ3n) is 4.95. The highest BCUT2D eigenvalue weighted by Crippen LogP contribution is 2.26. The van der Waals surface area contributed by atoms with Gasteiger partial charge < -0.3 is 5.32 Å². The van der Waals surface area contributed by atoms with E-state index in [4.69, 9.17) is 0 Å². The van der Waals surface area contributed by atoms with Crippen LogP contribution in [0.25, 0.3) is 10.9 Å². The number of anilines is 2. The Kier molecular flexibility index (Phi) is 4.96. The molecule has 1 aromatic heterocycles. The molecule has 1 aliphatic rings. The fraction of sp³-hybridized carbons (Fsp3) is 0.238. The number of fused-ring (bicyclic) bond motifs is 1. The number of nitrogens with one attached hydrogen (secondary N) is 1. The lowest BCUT2D eigenvalue weighted by Crippen LogP contribution is -2.37. The van der Waals surface area contributed by atoms with E-state index in [0.29, 0.717) is 46.5 Å². The Morgan fingerprint density at radius 1 is 1.14 bits per heavy atom. The first-order chi connectivity index (χ1) is 13.8. The van der Waals surface area contributed by atoms with Crippen LogP contribution in [0.2, 0.25) is 0 Å². The van der Waals surface area contributed by atoms with Gasteiger partial charge in [-0.15, -0.1) is 0 Å². The van der Waals surface area contributed by atoms with E-state index in [1.165, 1.54) is 16.4 Å². The Hall–Kier alpha value is -3.00. The van der Waals surface area contributed by atoms with Gasteiger partial charge in [0.1, 0.15) is 5.82 Å². The van der Waals surface area contributed by atoms with Crippen LogP contribution in [0.3, 0.4) is 0 Å². The van der Waals surface area contributed by atoms with Crippen molar-refractivity contribution in [2.24, 2.45) is 0 Å². The molecule has 0 radical (unpaired) electrons. The smallest absolute Gasteiger partial charge is 0.257 e. The molecule has 2 aromatic carbocycles. The standard InChI is InChI=1S/C21H20FN3O3S/c1-14-19(12-15-11-16(22)7-8-20(15)23-14)21(26)24-17-5-4-6-18(13-17)25-9-2-3-10-29(25,27)28/h4-8,11-13H,2-3,9-10H2,1H3,(H,24,26). The predicted molar refractivity (Wildman–Crippen MR) is 111 cm³/mol. The molecule has 1 aliphatic heterocycles. The number of pyridine rings is 1. The van der Waals surface area contributed by atoms with Gasteiger partial charge in [0.2, 0.25) is 10.0 Å². The van der Waals surface area contributed by atoms with Crippen molar-refractivity contribution in [1.82, 2.24) is 4.98 Å². The van der Waals surface area contributed by atoms with Crippen LogP contribution in [0.15, 0.2) is 48.5 Å². The van der Waals surface area contributed by atoms with Crippen molar-refractivity contribution in [3.63, 3.8) is 0 Å². The average molecular weight is 413 g/mol. The fourth-order valence-electron chi connectivity index (χ4n) is 3.49. The number of sulfonamides is 1. The van der Waals surface area contributed by atoms with Crippen LogP contribution in [-0.4, -0.2) is 31.6 Å². The number of aromatic nitrogens is 1. The summed E-state index contributed by atoms with van der Waals surface area (Å²) in [7, 11) is -3.33. The molecular formula is C21H20FN3O3S. The molecule has 1 amide bonds. The molecule has 3 aromatic rings. The SMILES string of the molecule is Cc1nc2ccc(F)cc2cc1C(=O)Nc1cccc(N2CCCCS2(=O)=O)c1. The normalized spacial score (nSPS) is 16.0. The van der Waals surface area contributed by atoms with Gasteiger partial charge in [0.25, 0.3) is 5.91 Å². The van der Waals surface area contributed by atoms with Crippen molar-refractivity contribution in [2.75, 3.05) is 21.9 Å². The van der Waals surface area contributed by atoms with E-state index in [0.717, 1.165) is 6.42 Å². The molecule has 0 aliphatic carbocycles. The molecule has 0 spiro atoms. The first-order valence-electron chi connectivity index (χ1n) is 9.32. The number of halogens is 1. The molecule has 2 heterocycles. The largest absolute Gasteiger partial charge is 0.322 e. The number of rotatable bonds is 3. The number of aryl methyl sites for hydroxylation is 1. The van der Waals surface area contributed by atoms with Gasteiger partial charge in [0.05, 0.1) is 28.2 Å². The second kappa shape index (κ2) is 7.44. The summed E-state index contributed by atoms with van der Waals surface area (Å²) in [6, 6.07) is 12.6. The maximum absolute atomic E-state index is 13.5. The molecule has 0 atom stereocenters. The zero-order valence-corrected chi connectivity index (χ0v) is 16.7. The lowest BCUT2D eigenvalue weighted by atomic mass is 10.1. The molecule has 1 fully saturated rings. The number of benzene rings is 2. The second-order valence-corrected chi connectivity index (χ2v) is 9.07. The maximum Gasteiger partial charge on any atom is 0.257 e. The highest BCUT2D eigenvalue weighted by Gasteiger charge is 2.26. The van der Waals surface area contributed by atoms with Crippen molar-refractivity contribution in [3.8, 4) is 0 Å². The van der Waals surface area contributed by atoms with E-state index >= 15 is 0 Å². The number of nitrogens with zero attached hydrogens (tertiary/aromatic N) is 2. The number of hydrogen-bond acceptors (Lipinski definition) is 4. The summed E-state index contributed by atoms with van der Waals surface area (Å²) < 4.78 is 39.6. The topological polar surface area (TPSA) is 79.4 Å². The highest BCUT2D eigenvalue weighted by molar-refractivity contribution is 7.92. The molecule has 6 nitrogen and oxygen atoms in total. The number of carbonyl (C=O) groups excluding carboxylic acids is 1. The number of hydrogen-bond donors (Lipinski definition) is 1.